The zero-order chi connectivity index (χ0) is 13.1. The van der Waals surface area contributed by atoms with Crippen LogP contribution >= 0.6 is 11.6 Å². The monoisotopic (exact) mass is 276 g/mol. The molecule has 0 aromatic heterocycles. The molecule has 0 unspecified atom stereocenters. The molecule has 2 fully saturated rings. The van der Waals surface area contributed by atoms with Crippen LogP contribution in [-0.2, 0) is 0 Å². The summed E-state index contributed by atoms with van der Waals surface area (Å²) in [5.41, 5.74) is 2.90. The maximum absolute atomic E-state index is 6.78. The van der Waals surface area contributed by atoms with Crippen LogP contribution in [0.3, 0.4) is 0 Å². The van der Waals surface area contributed by atoms with Gasteiger partial charge in [0, 0.05) is 5.02 Å². The highest BCUT2D eigenvalue weighted by Gasteiger charge is 2.23. The van der Waals surface area contributed by atoms with Crippen molar-refractivity contribution in [3.63, 3.8) is 0 Å². The van der Waals surface area contributed by atoms with Gasteiger partial charge in [-0.05, 0) is 48.6 Å². The van der Waals surface area contributed by atoms with Gasteiger partial charge in [0.05, 0.1) is 0 Å². The fraction of sp³-hybridized carbons (Fsp3) is 0.667. The van der Waals surface area contributed by atoms with Crippen LogP contribution < -0.4 is 0 Å². The average Bonchev–Trinajstić information content (AvgIpc) is 2.49. The average molecular weight is 277 g/mol. The van der Waals surface area contributed by atoms with Crippen LogP contribution in [0.15, 0.2) is 18.2 Å². The Morgan fingerprint density at radius 3 is 1.53 bits per heavy atom. The summed E-state index contributed by atoms with van der Waals surface area (Å²) in [6.45, 7) is 0. The second-order valence-corrected chi connectivity index (χ2v) is 6.80. The molecule has 0 radical (unpaired) electrons. The van der Waals surface area contributed by atoms with E-state index in [4.69, 9.17) is 11.6 Å². The highest BCUT2D eigenvalue weighted by Crippen LogP contribution is 2.42. The van der Waals surface area contributed by atoms with Crippen molar-refractivity contribution >= 4 is 11.6 Å². The largest absolute Gasteiger partial charge is 0.0837 e. The fourth-order valence-corrected chi connectivity index (χ4v) is 4.46. The number of hydrogen-bond acceptors (Lipinski definition) is 0. The van der Waals surface area contributed by atoms with E-state index in [-0.39, 0.29) is 0 Å². The molecular formula is C18H25Cl. The lowest BCUT2D eigenvalue weighted by atomic mass is 9.80. The Bertz CT molecular complexity index is 375. The van der Waals surface area contributed by atoms with Gasteiger partial charge in [0.1, 0.15) is 0 Å². The van der Waals surface area contributed by atoms with E-state index >= 15 is 0 Å². The molecular weight excluding hydrogens is 252 g/mol. The normalized spacial score (nSPS) is 22.6. The Hall–Kier alpha value is -0.490. The molecule has 0 amide bonds. The summed E-state index contributed by atoms with van der Waals surface area (Å²) in [6, 6.07) is 6.81. The molecule has 0 aliphatic heterocycles. The van der Waals surface area contributed by atoms with Gasteiger partial charge < -0.3 is 0 Å². The van der Waals surface area contributed by atoms with E-state index in [0.717, 1.165) is 16.9 Å². The molecule has 2 aliphatic carbocycles. The molecule has 1 aromatic rings. The lowest BCUT2D eigenvalue weighted by Gasteiger charge is -2.27. The third-order valence-corrected chi connectivity index (χ3v) is 5.58. The molecule has 2 saturated carbocycles. The van der Waals surface area contributed by atoms with E-state index < -0.39 is 0 Å². The molecule has 0 heterocycles. The standard InChI is InChI=1S/C18H25Cl/c19-18-16(14-8-3-1-4-9-14)12-7-13-17(18)15-10-5-2-6-11-15/h7,12-15H,1-6,8-11H2. The summed E-state index contributed by atoms with van der Waals surface area (Å²) in [6.07, 6.45) is 13.7. The van der Waals surface area contributed by atoms with Crippen molar-refractivity contribution in [1.82, 2.24) is 0 Å². The number of hydrogen-bond donors (Lipinski definition) is 0. The van der Waals surface area contributed by atoms with Gasteiger partial charge in [-0.3, -0.25) is 0 Å². The summed E-state index contributed by atoms with van der Waals surface area (Å²) in [7, 11) is 0. The minimum Gasteiger partial charge on any atom is -0.0837 e. The highest BCUT2D eigenvalue weighted by molar-refractivity contribution is 6.32. The van der Waals surface area contributed by atoms with Crippen molar-refractivity contribution in [2.24, 2.45) is 0 Å². The summed E-state index contributed by atoms with van der Waals surface area (Å²) in [4.78, 5) is 0. The minimum absolute atomic E-state index is 0.727. The van der Waals surface area contributed by atoms with Gasteiger partial charge in [-0.25, -0.2) is 0 Å². The Kier molecular flexibility index (Phi) is 4.48. The lowest BCUT2D eigenvalue weighted by Crippen LogP contribution is -2.09. The van der Waals surface area contributed by atoms with Crippen LogP contribution in [0.2, 0.25) is 5.02 Å². The van der Waals surface area contributed by atoms with Gasteiger partial charge in [0.25, 0.3) is 0 Å². The molecule has 0 nitrogen and oxygen atoms in total. The molecule has 1 aromatic carbocycles. The number of benzene rings is 1. The van der Waals surface area contributed by atoms with E-state index in [9.17, 15) is 0 Å². The first kappa shape index (κ1) is 13.5. The Morgan fingerprint density at radius 1 is 0.684 bits per heavy atom. The molecule has 0 saturated heterocycles. The van der Waals surface area contributed by atoms with Crippen LogP contribution in [-0.4, -0.2) is 0 Å². The minimum atomic E-state index is 0.727. The molecule has 19 heavy (non-hydrogen) atoms. The van der Waals surface area contributed by atoms with E-state index in [0.29, 0.717) is 0 Å². The molecule has 0 spiro atoms. The second kappa shape index (κ2) is 6.31. The van der Waals surface area contributed by atoms with Crippen molar-refractivity contribution in [3.8, 4) is 0 Å². The van der Waals surface area contributed by atoms with Crippen LogP contribution in [0.25, 0.3) is 0 Å². The van der Waals surface area contributed by atoms with Gasteiger partial charge in [-0.2, -0.15) is 0 Å². The second-order valence-electron chi connectivity index (χ2n) is 6.42. The van der Waals surface area contributed by atoms with Crippen molar-refractivity contribution in [2.45, 2.75) is 76.0 Å². The topological polar surface area (TPSA) is 0 Å². The molecule has 2 aliphatic rings. The van der Waals surface area contributed by atoms with Gasteiger partial charge in [0.15, 0.2) is 0 Å². The zero-order valence-corrected chi connectivity index (χ0v) is 12.6. The molecule has 0 bridgehead atoms. The van der Waals surface area contributed by atoms with Crippen LogP contribution in [0.4, 0.5) is 0 Å². The van der Waals surface area contributed by atoms with Gasteiger partial charge in [-0.1, -0.05) is 68.3 Å². The molecule has 104 valence electrons. The summed E-state index contributed by atoms with van der Waals surface area (Å²) in [5.74, 6) is 1.45. The summed E-state index contributed by atoms with van der Waals surface area (Å²) < 4.78 is 0. The van der Waals surface area contributed by atoms with Gasteiger partial charge >= 0.3 is 0 Å². The number of rotatable bonds is 2. The van der Waals surface area contributed by atoms with Crippen molar-refractivity contribution in [3.05, 3.63) is 34.3 Å². The maximum Gasteiger partial charge on any atom is 0.0475 e. The quantitative estimate of drug-likeness (QED) is 0.583. The smallest absolute Gasteiger partial charge is 0.0475 e. The zero-order valence-electron chi connectivity index (χ0n) is 11.8. The summed E-state index contributed by atoms with van der Waals surface area (Å²) >= 11 is 6.78. The third-order valence-electron chi connectivity index (χ3n) is 5.15. The van der Waals surface area contributed by atoms with Crippen molar-refractivity contribution in [1.29, 1.82) is 0 Å². The Morgan fingerprint density at radius 2 is 1.11 bits per heavy atom. The van der Waals surface area contributed by atoms with Crippen molar-refractivity contribution in [2.75, 3.05) is 0 Å². The maximum atomic E-state index is 6.78. The van der Waals surface area contributed by atoms with Gasteiger partial charge in [0.2, 0.25) is 0 Å². The van der Waals surface area contributed by atoms with Crippen LogP contribution in [0, 0.1) is 0 Å². The highest BCUT2D eigenvalue weighted by atomic mass is 35.5. The van der Waals surface area contributed by atoms with Crippen LogP contribution in [0.5, 0.6) is 0 Å². The van der Waals surface area contributed by atoms with E-state index in [1.807, 2.05) is 0 Å². The molecule has 0 atom stereocenters. The molecule has 3 rings (SSSR count). The van der Waals surface area contributed by atoms with Crippen molar-refractivity contribution < 1.29 is 0 Å². The molecule has 1 heteroatoms. The first-order chi connectivity index (χ1) is 9.36. The Labute approximate surface area is 122 Å². The van der Waals surface area contributed by atoms with Crippen LogP contribution in [0.1, 0.15) is 87.2 Å². The van der Waals surface area contributed by atoms with E-state index in [1.165, 1.54) is 75.3 Å². The predicted octanol–water partition coefficient (Wildman–Crippen LogP) is 6.44. The summed E-state index contributed by atoms with van der Waals surface area (Å²) in [5, 5.41) is 1.11. The van der Waals surface area contributed by atoms with E-state index in [1.54, 1.807) is 0 Å². The first-order valence-corrected chi connectivity index (χ1v) is 8.52. The third kappa shape index (κ3) is 2.99. The molecule has 0 N–H and O–H groups in total. The SMILES string of the molecule is Clc1c(C2CCCCC2)cccc1C1CCCCC1. The number of halogens is 1. The first-order valence-electron chi connectivity index (χ1n) is 8.14. The predicted molar refractivity (Wildman–Crippen MR) is 83.1 cm³/mol. The van der Waals surface area contributed by atoms with E-state index in [2.05, 4.69) is 18.2 Å². The Balaban J connectivity index is 1.84. The van der Waals surface area contributed by atoms with Gasteiger partial charge in [-0.15, -0.1) is 0 Å². The fourth-order valence-electron chi connectivity index (χ4n) is 4.03. The lowest BCUT2D eigenvalue weighted by molar-refractivity contribution is 0.435.